The van der Waals surface area contributed by atoms with E-state index in [4.69, 9.17) is 4.74 Å². The molecular formula is C13H26N2O. The molecule has 1 heterocycles. The molecule has 1 aliphatic carbocycles. The van der Waals surface area contributed by atoms with Crippen LogP contribution < -0.4 is 5.32 Å². The van der Waals surface area contributed by atoms with Gasteiger partial charge in [0.15, 0.2) is 0 Å². The standard InChI is InChI=1S/C13H26N2O/c1-11(15-6-8-16-9-7-15)10-14-12(2)13(3)4-5-13/h11-12,14H,4-10H2,1-3H3. The monoisotopic (exact) mass is 226 g/mol. The number of morpholine rings is 1. The Labute approximate surface area is 99.5 Å². The largest absolute Gasteiger partial charge is 0.379 e. The van der Waals surface area contributed by atoms with Crippen LogP contribution >= 0.6 is 0 Å². The fourth-order valence-corrected chi connectivity index (χ4v) is 2.37. The van der Waals surface area contributed by atoms with Gasteiger partial charge in [0.1, 0.15) is 0 Å². The van der Waals surface area contributed by atoms with Gasteiger partial charge in [-0.1, -0.05) is 6.92 Å². The van der Waals surface area contributed by atoms with Crippen molar-refractivity contribution < 1.29 is 4.74 Å². The Morgan fingerprint density at radius 3 is 2.44 bits per heavy atom. The van der Waals surface area contributed by atoms with Crippen LogP contribution in [0, 0.1) is 5.41 Å². The zero-order chi connectivity index (χ0) is 11.6. The number of hydrogen-bond donors (Lipinski definition) is 1. The predicted molar refractivity (Wildman–Crippen MR) is 66.7 cm³/mol. The SMILES string of the molecule is CC(CNC(C)C1(C)CC1)N1CCOCC1. The smallest absolute Gasteiger partial charge is 0.0594 e. The first kappa shape index (κ1) is 12.3. The summed E-state index contributed by atoms with van der Waals surface area (Å²) in [5.74, 6) is 0. The van der Waals surface area contributed by atoms with E-state index < -0.39 is 0 Å². The van der Waals surface area contributed by atoms with Crippen molar-refractivity contribution in [2.75, 3.05) is 32.8 Å². The van der Waals surface area contributed by atoms with Gasteiger partial charge >= 0.3 is 0 Å². The summed E-state index contributed by atoms with van der Waals surface area (Å²) in [5.41, 5.74) is 0.588. The summed E-state index contributed by atoms with van der Waals surface area (Å²) in [5, 5.41) is 3.70. The molecule has 2 atom stereocenters. The lowest BCUT2D eigenvalue weighted by Gasteiger charge is -2.33. The third-order valence-corrected chi connectivity index (χ3v) is 4.47. The van der Waals surface area contributed by atoms with Crippen molar-refractivity contribution in [3.8, 4) is 0 Å². The van der Waals surface area contributed by atoms with Gasteiger partial charge in [0.25, 0.3) is 0 Å². The molecule has 0 aromatic rings. The van der Waals surface area contributed by atoms with Crippen molar-refractivity contribution in [3.05, 3.63) is 0 Å². The summed E-state index contributed by atoms with van der Waals surface area (Å²) in [7, 11) is 0. The van der Waals surface area contributed by atoms with E-state index >= 15 is 0 Å². The van der Waals surface area contributed by atoms with E-state index in [0.717, 1.165) is 32.8 Å². The highest BCUT2D eigenvalue weighted by Gasteiger charge is 2.42. The fraction of sp³-hybridized carbons (Fsp3) is 1.00. The van der Waals surface area contributed by atoms with E-state index in [-0.39, 0.29) is 0 Å². The Hall–Kier alpha value is -0.120. The number of nitrogens with zero attached hydrogens (tertiary/aromatic N) is 1. The fourth-order valence-electron chi connectivity index (χ4n) is 2.37. The Kier molecular flexibility index (Phi) is 3.88. The zero-order valence-electron chi connectivity index (χ0n) is 11.0. The summed E-state index contributed by atoms with van der Waals surface area (Å²) in [6, 6.07) is 1.30. The topological polar surface area (TPSA) is 24.5 Å². The van der Waals surface area contributed by atoms with Gasteiger partial charge in [0.2, 0.25) is 0 Å². The van der Waals surface area contributed by atoms with E-state index in [9.17, 15) is 0 Å². The number of hydrogen-bond acceptors (Lipinski definition) is 3. The van der Waals surface area contributed by atoms with E-state index in [1.807, 2.05) is 0 Å². The molecule has 0 radical (unpaired) electrons. The molecule has 0 spiro atoms. The highest BCUT2D eigenvalue weighted by atomic mass is 16.5. The Morgan fingerprint density at radius 1 is 1.25 bits per heavy atom. The van der Waals surface area contributed by atoms with Crippen LogP contribution in [0.25, 0.3) is 0 Å². The van der Waals surface area contributed by atoms with Crippen LogP contribution in [0.15, 0.2) is 0 Å². The van der Waals surface area contributed by atoms with Crippen LogP contribution in [0.1, 0.15) is 33.6 Å². The lowest BCUT2D eigenvalue weighted by Crippen LogP contribution is -2.48. The van der Waals surface area contributed by atoms with Gasteiger partial charge < -0.3 is 10.1 Å². The second kappa shape index (κ2) is 5.03. The van der Waals surface area contributed by atoms with Crippen LogP contribution in [0.4, 0.5) is 0 Å². The molecule has 2 fully saturated rings. The minimum Gasteiger partial charge on any atom is -0.379 e. The third kappa shape index (κ3) is 2.96. The van der Waals surface area contributed by atoms with Gasteiger partial charge in [-0.3, -0.25) is 4.90 Å². The summed E-state index contributed by atoms with van der Waals surface area (Å²) in [6.07, 6.45) is 2.79. The molecule has 3 nitrogen and oxygen atoms in total. The molecule has 2 unspecified atom stereocenters. The molecule has 2 rings (SSSR count). The average Bonchev–Trinajstić information content (AvgIpc) is 3.06. The molecule has 0 aromatic carbocycles. The summed E-state index contributed by atoms with van der Waals surface area (Å²) in [4.78, 5) is 2.53. The number of nitrogens with one attached hydrogen (secondary N) is 1. The number of rotatable bonds is 5. The molecule has 1 aliphatic heterocycles. The van der Waals surface area contributed by atoms with Crippen molar-refractivity contribution in [2.45, 2.75) is 45.7 Å². The highest BCUT2D eigenvalue weighted by Crippen LogP contribution is 2.47. The van der Waals surface area contributed by atoms with E-state index in [2.05, 4.69) is 31.0 Å². The highest BCUT2D eigenvalue weighted by molar-refractivity contribution is 4.96. The van der Waals surface area contributed by atoms with Crippen LogP contribution in [0.5, 0.6) is 0 Å². The van der Waals surface area contributed by atoms with Crippen LogP contribution in [0.2, 0.25) is 0 Å². The number of ether oxygens (including phenoxy) is 1. The lowest BCUT2D eigenvalue weighted by atomic mass is 10.0. The maximum Gasteiger partial charge on any atom is 0.0594 e. The molecule has 16 heavy (non-hydrogen) atoms. The van der Waals surface area contributed by atoms with Gasteiger partial charge in [-0.05, 0) is 32.1 Å². The summed E-state index contributed by atoms with van der Waals surface area (Å²) < 4.78 is 5.38. The Bertz CT molecular complexity index is 222. The summed E-state index contributed by atoms with van der Waals surface area (Å²) >= 11 is 0. The van der Waals surface area contributed by atoms with Crippen LogP contribution in [-0.2, 0) is 4.74 Å². The molecule has 1 saturated carbocycles. The lowest BCUT2D eigenvalue weighted by molar-refractivity contribution is 0.0196. The molecule has 1 saturated heterocycles. The predicted octanol–water partition coefficient (Wildman–Crippen LogP) is 1.49. The molecule has 1 N–H and O–H groups in total. The quantitative estimate of drug-likeness (QED) is 0.768. The Balaban J connectivity index is 1.68. The van der Waals surface area contributed by atoms with Gasteiger partial charge in [-0.2, -0.15) is 0 Å². The first-order valence-corrected chi connectivity index (χ1v) is 6.67. The van der Waals surface area contributed by atoms with E-state index in [1.54, 1.807) is 0 Å². The van der Waals surface area contributed by atoms with Gasteiger partial charge in [-0.15, -0.1) is 0 Å². The third-order valence-electron chi connectivity index (χ3n) is 4.47. The van der Waals surface area contributed by atoms with Crippen molar-refractivity contribution in [3.63, 3.8) is 0 Å². The second-order valence-corrected chi connectivity index (χ2v) is 5.78. The molecule has 3 heteroatoms. The molecule has 0 amide bonds. The van der Waals surface area contributed by atoms with Gasteiger partial charge in [0, 0.05) is 31.7 Å². The van der Waals surface area contributed by atoms with E-state index in [0.29, 0.717) is 17.5 Å². The molecule has 0 aromatic heterocycles. The molecule has 2 aliphatic rings. The molecule has 94 valence electrons. The van der Waals surface area contributed by atoms with E-state index in [1.165, 1.54) is 12.8 Å². The Morgan fingerprint density at radius 2 is 1.88 bits per heavy atom. The van der Waals surface area contributed by atoms with Crippen LogP contribution in [0.3, 0.4) is 0 Å². The minimum absolute atomic E-state index is 0.588. The summed E-state index contributed by atoms with van der Waals surface area (Å²) in [6.45, 7) is 12.1. The van der Waals surface area contributed by atoms with Crippen LogP contribution in [-0.4, -0.2) is 49.8 Å². The first-order valence-electron chi connectivity index (χ1n) is 6.67. The first-order chi connectivity index (χ1) is 7.62. The second-order valence-electron chi connectivity index (χ2n) is 5.78. The van der Waals surface area contributed by atoms with Crippen molar-refractivity contribution in [2.24, 2.45) is 5.41 Å². The normalized spacial score (nSPS) is 28.7. The molecular weight excluding hydrogens is 200 g/mol. The zero-order valence-corrected chi connectivity index (χ0v) is 11.0. The maximum atomic E-state index is 5.38. The van der Waals surface area contributed by atoms with Crippen molar-refractivity contribution in [1.82, 2.24) is 10.2 Å². The minimum atomic E-state index is 0.588. The maximum absolute atomic E-state index is 5.38. The van der Waals surface area contributed by atoms with Crippen molar-refractivity contribution in [1.29, 1.82) is 0 Å². The molecule has 0 bridgehead atoms. The average molecular weight is 226 g/mol. The van der Waals surface area contributed by atoms with Crippen molar-refractivity contribution >= 4 is 0 Å². The van der Waals surface area contributed by atoms with Gasteiger partial charge in [-0.25, -0.2) is 0 Å². The van der Waals surface area contributed by atoms with Gasteiger partial charge in [0.05, 0.1) is 13.2 Å².